The van der Waals surface area contributed by atoms with Crippen molar-refractivity contribution in [1.29, 1.82) is 0 Å². The molecule has 1 aliphatic carbocycles. The average molecular weight is 426 g/mol. The van der Waals surface area contributed by atoms with Crippen molar-refractivity contribution >= 4 is 32.7 Å². The molecule has 1 aliphatic rings. The summed E-state index contributed by atoms with van der Waals surface area (Å²) in [5.41, 5.74) is 1.42. The number of aryl methyl sites for hydroxylation is 1. The second-order valence-corrected chi connectivity index (χ2v) is 7.92. The quantitative estimate of drug-likeness (QED) is 0.676. The van der Waals surface area contributed by atoms with E-state index in [0.29, 0.717) is 17.4 Å². The van der Waals surface area contributed by atoms with Gasteiger partial charge >= 0.3 is 0 Å². The third-order valence-electron chi connectivity index (χ3n) is 5.28. The highest BCUT2D eigenvalue weighted by atomic mass is 79.9. The number of aromatic nitrogens is 2. The van der Waals surface area contributed by atoms with Gasteiger partial charge in [-0.2, -0.15) is 0 Å². The second-order valence-electron chi connectivity index (χ2n) is 7.00. The van der Waals surface area contributed by atoms with E-state index in [1.165, 1.54) is 10.9 Å². The fraction of sp³-hybridized carbons (Fsp3) is 0.286. The van der Waals surface area contributed by atoms with Crippen LogP contribution in [0.2, 0.25) is 0 Å². The van der Waals surface area contributed by atoms with Crippen LogP contribution in [-0.2, 0) is 16.9 Å². The molecule has 0 spiro atoms. The predicted molar refractivity (Wildman–Crippen MR) is 108 cm³/mol. The lowest BCUT2D eigenvalue weighted by molar-refractivity contribution is -0.124. The molecule has 6 heteroatoms. The third-order valence-corrected chi connectivity index (χ3v) is 5.77. The number of rotatable bonds is 5. The Hall–Kier alpha value is -2.47. The number of carbonyl (C=O) groups excluding carboxylic acids is 1. The molecule has 1 fully saturated rings. The molecule has 5 nitrogen and oxygen atoms in total. The van der Waals surface area contributed by atoms with Crippen molar-refractivity contribution in [3.05, 3.63) is 75.2 Å². The number of fused-ring (bicyclic) bond motifs is 1. The van der Waals surface area contributed by atoms with Gasteiger partial charge in [0.1, 0.15) is 0 Å². The van der Waals surface area contributed by atoms with Gasteiger partial charge in [-0.1, -0.05) is 46.3 Å². The minimum Gasteiger partial charge on any atom is -0.347 e. The summed E-state index contributed by atoms with van der Waals surface area (Å²) < 4.78 is 2.34. The number of benzene rings is 2. The zero-order chi connectivity index (χ0) is 18.9. The predicted octanol–water partition coefficient (Wildman–Crippen LogP) is 3.74. The monoisotopic (exact) mass is 425 g/mol. The Balaban J connectivity index is 1.47. The highest BCUT2D eigenvalue weighted by Gasteiger charge is 2.39. The molecule has 1 saturated carbocycles. The van der Waals surface area contributed by atoms with Crippen molar-refractivity contribution in [2.24, 2.45) is 0 Å². The highest BCUT2D eigenvalue weighted by Crippen LogP contribution is 2.41. The number of halogens is 1. The molecular weight excluding hydrogens is 406 g/mol. The summed E-state index contributed by atoms with van der Waals surface area (Å²) in [7, 11) is 0. The Labute approximate surface area is 165 Å². The van der Waals surface area contributed by atoms with E-state index in [-0.39, 0.29) is 23.4 Å². The normalized spacial score (nSPS) is 15.3. The topological polar surface area (TPSA) is 64.0 Å². The Kier molecular flexibility index (Phi) is 4.83. The van der Waals surface area contributed by atoms with Crippen molar-refractivity contribution < 1.29 is 4.79 Å². The van der Waals surface area contributed by atoms with Crippen molar-refractivity contribution in [2.45, 2.75) is 37.8 Å². The van der Waals surface area contributed by atoms with E-state index in [9.17, 15) is 9.59 Å². The summed E-state index contributed by atoms with van der Waals surface area (Å²) >= 11 is 3.38. The maximum absolute atomic E-state index is 12.6. The zero-order valence-corrected chi connectivity index (χ0v) is 16.4. The van der Waals surface area contributed by atoms with E-state index < -0.39 is 0 Å². The lowest BCUT2D eigenvalue weighted by atomic mass is 9.71. The first-order chi connectivity index (χ1) is 13.1. The Morgan fingerprint density at radius 3 is 2.67 bits per heavy atom. The summed E-state index contributed by atoms with van der Waals surface area (Å²) in [4.78, 5) is 29.5. The van der Waals surface area contributed by atoms with E-state index in [1.54, 1.807) is 12.1 Å². The van der Waals surface area contributed by atoms with Crippen LogP contribution >= 0.6 is 15.9 Å². The summed E-state index contributed by atoms with van der Waals surface area (Å²) in [6.07, 6.45) is 4.78. The minimum absolute atomic E-state index is 0.0419. The Bertz CT molecular complexity index is 1040. The number of carbonyl (C=O) groups is 1. The van der Waals surface area contributed by atoms with Gasteiger partial charge in [0.15, 0.2) is 0 Å². The van der Waals surface area contributed by atoms with Crippen LogP contribution in [0.15, 0.2) is 64.1 Å². The number of hydrogen-bond acceptors (Lipinski definition) is 3. The molecule has 0 unspecified atom stereocenters. The van der Waals surface area contributed by atoms with Crippen molar-refractivity contribution in [2.75, 3.05) is 0 Å². The highest BCUT2D eigenvalue weighted by molar-refractivity contribution is 9.10. The van der Waals surface area contributed by atoms with Crippen molar-refractivity contribution in [3.63, 3.8) is 0 Å². The fourth-order valence-corrected chi connectivity index (χ4v) is 3.98. The third kappa shape index (κ3) is 3.54. The van der Waals surface area contributed by atoms with Crippen LogP contribution in [0.1, 0.15) is 31.2 Å². The molecule has 1 amide bonds. The molecule has 4 rings (SSSR count). The number of nitrogens with zero attached hydrogens (tertiary/aromatic N) is 2. The molecule has 27 heavy (non-hydrogen) atoms. The molecule has 1 N–H and O–H groups in total. The van der Waals surface area contributed by atoms with E-state index in [1.807, 2.05) is 24.3 Å². The van der Waals surface area contributed by atoms with E-state index in [2.05, 4.69) is 38.4 Å². The first kappa shape index (κ1) is 17.9. The number of nitrogens with one attached hydrogen (secondary N) is 1. The molecule has 1 heterocycles. The fourth-order valence-electron chi connectivity index (χ4n) is 3.62. The summed E-state index contributed by atoms with van der Waals surface area (Å²) in [5, 5.41) is 3.75. The summed E-state index contributed by atoms with van der Waals surface area (Å²) in [5.74, 6) is -0.0419. The second kappa shape index (κ2) is 7.27. The van der Waals surface area contributed by atoms with Crippen molar-refractivity contribution in [3.8, 4) is 0 Å². The summed E-state index contributed by atoms with van der Waals surface area (Å²) in [6, 6.07) is 15.5. The van der Waals surface area contributed by atoms with Gasteiger partial charge in [-0.25, -0.2) is 4.98 Å². The SMILES string of the molecule is O=C(CCn1cnc2ccc(Br)cc2c1=O)NC1(c2ccccc2)CCC1. The molecule has 3 aromatic rings. The Morgan fingerprint density at radius 2 is 1.96 bits per heavy atom. The first-order valence-electron chi connectivity index (χ1n) is 9.09. The van der Waals surface area contributed by atoms with Gasteiger partial charge in [0.2, 0.25) is 5.91 Å². The standard InChI is InChI=1S/C21H20BrN3O2/c22-16-7-8-18-17(13-16)20(27)25(14-23-18)12-9-19(26)24-21(10-4-11-21)15-5-2-1-3-6-15/h1-3,5-8,13-14H,4,9-12H2,(H,24,26). The van der Waals surface area contributed by atoms with Gasteiger partial charge in [0, 0.05) is 17.4 Å². The molecule has 1 aromatic heterocycles. The van der Waals surface area contributed by atoms with Gasteiger partial charge in [0.25, 0.3) is 5.56 Å². The number of hydrogen-bond donors (Lipinski definition) is 1. The van der Waals surface area contributed by atoms with E-state index in [0.717, 1.165) is 29.3 Å². The molecular formula is C21H20BrN3O2. The zero-order valence-electron chi connectivity index (χ0n) is 14.8. The Morgan fingerprint density at radius 1 is 1.19 bits per heavy atom. The lowest BCUT2D eigenvalue weighted by Gasteiger charge is -2.43. The summed E-state index contributed by atoms with van der Waals surface area (Å²) in [6.45, 7) is 0.311. The molecule has 0 radical (unpaired) electrons. The van der Waals surface area contributed by atoms with Crippen LogP contribution in [0.5, 0.6) is 0 Å². The van der Waals surface area contributed by atoms with Crippen LogP contribution in [0.3, 0.4) is 0 Å². The van der Waals surface area contributed by atoms with Gasteiger partial charge < -0.3 is 5.32 Å². The van der Waals surface area contributed by atoms with Crippen LogP contribution in [0.25, 0.3) is 10.9 Å². The van der Waals surface area contributed by atoms with Gasteiger partial charge in [-0.3, -0.25) is 14.2 Å². The van der Waals surface area contributed by atoms with Gasteiger partial charge in [-0.05, 0) is 43.0 Å². The molecule has 2 aromatic carbocycles. The maximum atomic E-state index is 12.6. The average Bonchev–Trinajstić information content (AvgIpc) is 2.65. The van der Waals surface area contributed by atoms with Crippen LogP contribution in [-0.4, -0.2) is 15.5 Å². The minimum atomic E-state index is -0.254. The van der Waals surface area contributed by atoms with Crippen LogP contribution < -0.4 is 10.9 Å². The van der Waals surface area contributed by atoms with Gasteiger partial charge in [-0.15, -0.1) is 0 Å². The maximum Gasteiger partial charge on any atom is 0.261 e. The first-order valence-corrected chi connectivity index (χ1v) is 9.88. The number of amides is 1. The molecule has 138 valence electrons. The van der Waals surface area contributed by atoms with E-state index >= 15 is 0 Å². The van der Waals surface area contributed by atoms with Crippen LogP contribution in [0, 0.1) is 0 Å². The molecule has 0 atom stereocenters. The molecule has 0 bridgehead atoms. The molecule has 0 aliphatic heterocycles. The van der Waals surface area contributed by atoms with Gasteiger partial charge in [0.05, 0.1) is 22.8 Å². The van der Waals surface area contributed by atoms with Crippen molar-refractivity contribution in [1.82, 2.24) is 14.9 Å². The van der Waals surface area contributed by atoms with E-state index in [4.69, 9.17) is 0 Å². The molecule has 0 saturated heterocycles. The van der Waals surface area contributed by atoms with Crippen LogP contribution in [0.4, 0.5) is 0 Å². The lowest BCUT2D eigenvalue weighted by Crippen LogP contribution is -2.51. The smallest absolute Gasteiger partial charge is 0.261 e. The largest absolute Gasteiger partial charge is 0.347 e.